The number of phenols is 1. The van der Waals surface area contributed by atoms with Crippen molar-refractivity contribution in [1.29, 1.82) is 0 Å². The van der Waals surface area contributed by atoms with Gasteiger partial charge in [-0.25, -0.2) is 0 Å². The van der Waals surface area contributed by atoms with Gasteiger partial charge >= 0.3 is 0 Å². The summed E-state index contributed by atoms with van der Waals surface area (Å²) in [5, 5.41) is 24.3. The zero-order valence-corrected chi connectivity index (χ0v) is 11.7. The van der Waals surface area contributed by atoms with Gasteiger partial charge in [0.2, 0.25) is 0 Å². The van der Waals surface area contributed by atoms with Crippen molar-refractivity contribution in [2.24, 2.45) is 0 Å². The molecule has 1 heterocycles. The summed E-state index contributed by atoms with van der Waals surface area (Å²) in [7, 11) is 0. The molecule has 0 aromatic heterocycles. The van der Waals surface area contributed by atoms with Gasteiger partial charge in [0, 0.05) is 49.9 Å². The molecule has 0 radical (unpaired) electrons. The summed E-state index contributed by atoms with van der Waals surface area (Å²) in [6.45, 7) is 5.70. The van der Waals surface area contributed by atoms with Gasteiger partial charge in [0.15, 0.2) is 0 Å². The molecule has 1 aliphatic heterocycles. The van der Waals surface area contributed by atoms with Crippen molar-refractivity contribution in [1.82, 2.24) is 10.2 Å². The number of phenolic OH excluding ortho intramolecular Hbond substituents is 1. The van der Waals surface area contributed by atoms with E-state index >= 15 is 0 Å². The standard InChI is InChI=1S/C14H21N3O3/c1-2-3-13(16-8-6-15-7-9-16)12-10-11(17(19)20)4-5-14(12)18/h4-5,10,13,15,18H,2-3,6-9H2,1H3/t13-/m1/s1. The molecule has 1 saturated heterocycles. The molecule has 1 atom stereocenters. The van der Waals surface area contributed by atoms with Crippen LogP contribution in [0.4, 0.5) is 5.69 Å². The molecule has 0 spiro atoms. The average Bonchev–Trinajstić information content (AvgIpc) is 2.46. The van der Waals surface area contributed by atoms with Gasteiger partial charge in [0.1, 0.15) is 5.75 Å². The van der Waals surface area contributed by atoms with Crippen LogP contribution < -0.4 is 5.32 Å². The Morgan fingerprint density at radius 1 is 1.45 bits per heavy atom. The molecule has 1 aromatic carbocycles. The predicted octanol–water partition coefficient (Wildman–Crippen LogP) is 2.05. The van der Waals surface area contributed by atoms with Crippen LogP contribution >= 0.6 is 0 Å². The SMILES string of the molecule is CCC[C@H](c1cc([N+](=O)[O-])ccc1O)N1CCNCC1. The Morgan fingerprint density at radius 3 is 2.75 bits per heavy atom. The van der Waals surface area contributed by atoms with Crippen LogP contribution in [0, 0.1) is 10.1 Å². The lowest BCUT2D eigenvalue weighted by atomic mass is 9.98. The number of rotatable bonds is 5. The van der Waals surface area contributed by atoms with Gasteiger partial charge in [-0.3, -0.25) is 15.0 Å². The van der Waals surface area contributed by atoms with Gasteiger partial charge < -0.3 is 10.4 Å². The lowest BCUT2D eigenvalue weighted by molar-refractivity contribution is -0.385. The maximum atomic E-state index is 10.9. The van der Waals surface area contributed by atoms with Gasteiger partial charge in [-0.2, -0.15) is 0 Å². The molecule has 2 rings (SSSR count). The summed E-state index contributed by atoms with van der Waals surface area (Å²) in [6, 6.07) is 4.33. The quantitative estimate of drug-likeness (QED) is 0.637. The molecule has 6 nitrogen and oxygen atoms in total. The van der Waals surface area contributed by atoms with Crippen molar-refractivity contribution in [3.63, 3.8) is 0 Å². The van der Waals surface area contributed by atoms with Crippen LogP contribution in [0.1, 0.15) is 31.4 Å². The Balaban J connectivity index is 2.31. The fourth-order valence-corrected chi connectivity index (χ4v) is 2.72. The minimum absolute atomic E-state index is 0.0361. The molecule has 0 bridgehead atoms. The fourth-order valence-electron chi connectivity index (χ4n) is 2.72. The smallest absolute Gasteiger partial charge is 0.270 e. The van der Waals surface area contributed by atoms with E-state index in [0.29, 0.717) is 5.56 Å². The number of nitrogens with zero attached hydrogens (tertiary/aromatic N) is 2. The first-order valence-corrected chi connectivity index (χ1v) is 7.05. The zero-order valence-electron chi connectivity index (χ0n) is 11.7. The summed E-state index contributed by atoms with van der Waals surface area (Å²) in [6.07, 6.45) is 1.85. The second-order valence-corrected chi connectivity index (χ2v) is 5.09. The van der Waals surface area contributed by atoms with E-state index in [-0.39, 0.29) is 17.5 Å². The van der Waals surface area contributed by atoms with E-state index in [9.17, 15) is 15.2 Å². The van der Waals surface area contributed by atoms with Crippen LogP contribution in [-0.2, 0) is 0 Å². The molecule has 6 heteroatoms. The Hall–Kier alpha value is -1.66. The van der Waals surface area contributed by atoms with Crippen molar-refractivity contribution >= 4 is 5.69 Å². The third-order valence-corrected chi connectivity index (χ3v) is 3.74. The third-order valence-electron chi connectivity index (χ3n) is 3.74. The monoisotopic (exact) mass is 279 g/mol. The Bertz CT molecular complexity index is 473. The molecule has 1 fully saturated rings. The van der Waals surface area contributed by atoms with Crippen molar-refractivity contribution in [2.45, 2.75) is 25.8 Å². The second-order valence-electron chi connectivity index (χ2n) is 5.09. The van der Waals surface area contributed by atoms with E-state index in [1.54, 1.807) is 0 Å². The van der Waals surface area contributed by atoms with Gasteiger partial charge in [-0.05, 0) is 12.5 Å². The van der Waals surface area contributed by atoms with Crippen molar-refractivity contribution in [2.75, 3.05) is 26.2 Å². The maximum Gasteiger partial charge on any atom is 0.270 e. The zero-order chi connectivity index (χ0) is 14.5. The summed E-state index contributed by atoms with van der Waals surface area (Å²) in [5.41, 5.74) is 0.706. The molecule has 110 valence electrons. The average molecular weight is 279 g/mol. The highest BCUT2D eigenvalue weighted by Crippen LogP contribution is 2.34. The highest BCUT2D eigenvalue weighted by atomic mass is 16.6. The fraction of sp³-hybridized carbons (Fsp3) is 0.571. The van der Waals surface area contributed by atoms with E-state index in [2.05, 4.69) is 17.1 Å². The molecule has 0 amide bonds. The van der Waals surface area contributed by atoms with Crippen molar-refractivity contribution in [3.05, 3.63) is 33.9 Å². The largest absolute Gasteiger partial charge is 0.508 e. The number of benzene rings is 1. The number of nitro benzene ring substituents is 1. The van der Waals surface area contributed by atoms with E-state index in [1.807, 2.05) is 0 Å². The number of aromatic hydroxyl groups is 1. The Labute approximate surface area is 118 Å². The normalized spacial score (nSPS) is 17.9. The minimum atomic E-state index is -0.413. The number of piperazine rings is 1. The number of nitrogens with one attached hydrogen (secondary N) is 1. The van der Waals surface area contributed by atoms with E-state index in [1.165, 1.54) is 18.2 Å². The predicted molar refractivity (Wildman–Crippen MR) is 76.9 cm³/mol. The molecule has 1 aliphatic rings. The molecular formula is C14H21N3O3. The van der Waals surface area contributed by atoms with Crippen LogP contribution in [0.5, 0.6) is 5.75 Å². The number of nitro groups is 1. The highest BCUT2D eigenvalue weighted by Gasteiger charge is 2.25. The number of non-ortho nitro benzene ring substituents is 1. The topological polar surface area (TPSA) is 78.6 Å². The number of hydrogen-bond donors (Lipinski definition) is 2. The Morgan fingerprint density at radius 2 is 2.15 bits per heavy atom. The van der Waals surface area contributed by atoms with Crippen LogP contribution in [0.15, 0.2) is 18.2 Å². The van der Waals surface area contributed by atoms with Crippen LogP contribution in [-0.4, -0.2) is 41.1 Å². The van der Waals surface area contributed by atoms with Crippen molar-refractivity contribution in [3.8, 4) is 5.75 Å². The molecule has 0 unspecified atom stereocenters. The molecule has 2 N–H and O–H groups in total. The summed E-state index contributed by atoms with van der Waals surface area (Å²) in [5.74, 6) is 0.146. The highest BCUT2D eigenvalue weighted by molar-refractivity contribution is 5.44. The molecule has 0 aliphatic carbocycles. The van der Waals surface area contributed by atoms with Gasteiger partial charge in [0.25, 0.3) is 5.69 Å². The van der Waals surface area contributed by atoms with E-state index in [4.69, 9.17) is 0 Å². The van der Waals surface area contributed by atoms with Gasteiger partial charge in [-0.1, -0.05) is 13.3 Å². The summed E-state index contributed by atoms with van der Waals surface area (Å²) >= 11 is 0. The van der Waals surface area contributed by atoms with E-state index in [0.717, 1.165) is 39.0 Å². The second kappa shape index (κ2) is 6.67. The third kappa shape index (κ3) is 3.26. The minimum Gasteiger partial charge on any atom is -0.508 e. The maximum absolute atomic E-state index is 10.9. The molecule has 20 heavy (non-hydrogen) atoms. The van der Waals surface area contributed by atoms with Gasteiger partial charge in [0.05, 0.1) is 4.92 Å². The summed E-state index contributed by atoms with van der Waals surface area (Å²) < 4.78 is 0. The first-order valence-electron chi connectivity index (χ1n) is 7.05. The van der Waals surface area contributed by atoms with Crippen LogP contribution in [0.25, 0.3) is 0 Å². The van der Waals surface area contributed by atoms with Crippen LogP contribution in [0.3, 0.4) is 0 Å². The molecule has 0 saturated carbocycles. The van der Waals surface area contributed by atoms with E-state index < -0.39 is 4.92 Å². The number of hydrogen-bond acceptors (Lipinski definition) is 5. The molecule has 1 aromatic rings. The first-order chi connectivity index (χ1) is 9.63. The van der Waals surface area contributed by atoms with Crippen LogP contribution in [0.2, 0.25) is 0 Å². The molecular weight excluding hydrogens is 258 g/mol. The first kappa shape index (κ1) is 14.7. The van der Waals surface area contributed by atoms with Gasteiger partial charge in [-0.15, -0.1) is 0 Å². The lowest BCUT2D eigenvalue weighted by Crippen LogP contribution is -2.45. The Kier molecular flexibility index (Phi) is 4.92. The lowest BCUT2D eigenvalue weighted by Gasteiger charge is -2.35. The van der Waals surface area contributed by atoms with Crippen molar-refractivity contribution < 1.29 is 10.0 Å². The summed E-state index contributed by atoms with van der Waals surface area (Å²) in [4.78, 5) is 12.8.